The number of benzene rings is 6. The third kappa shape index (κ3) is 4.86. The fraction of sp³-hybridized carbons (Fsp3) is 0. The lowest BCUT2D eigenvalue weighted by Gasteiger charge is -2.03. The van der Waals surface area contributed by atoms with Crippen LogP contribution in [0.3, 0.4) is 0 Å². The van der Waals surface area contributed by atoms with Crippen molar-refractivity contribution in [2.24, 2.45) is 0 Å². The average molecular weight is 941 g/mol. The quantitative estimate of drug-likeness (QED) is 0.0807. The van der Waals surface area contributed by atoms with Gasteiger partial charge in [-0.2, -0.15) is 0 Å². The summed E-state index contributed by atoms with van der Waals surface area (Å²) in [5, 5.41) is -8.43. The molecule has 0 saturated carbocycles. The highest BCUT2D eigenvalue weighted by Crippen LogP contribution is 2.51. The summed E-state index contributed by atoms with van der Waals surface area (Å²) in [6.45, 7) is 0. The molecule has 0 saturated heterocycles. The van der Waals surface area contributed by atoms with Gasteiger partial charge < -0.3 is 0 Å². The van der Waals surface area contributed by atoms with Crippen LogP contribution in [-0.4, -0.2) is 0 Å². The molecule has 4 aromatic heterocycles. The Morgan fingerprint density at radius 3 is 0.417 bits per heavy atom. The van der Waals surface area contributed by atoms with E-state index in [-0.39, 0.29) is 45.3 Å². The monoisotopic (exact) mass is 940 g/mol. The van der Waals surface area contributed by atoms with Gasteiger partial charge in [-0.15, -0.1) is 45.3 Å². The number of thiophene rings is 4. The Kier molecular flexibility index (Phi) is 8.81. The van der Waals surface area contributed by atoms with Crippen LogP contribution in [-0.2, 0) is 0 Å². The Labute approximate surface area is 329 Å². The van der Waals surface area contributed by atoms with Crippen LogP contribution in [0.4, 0.5) is 87.8 Å². The molecule has 0 nitrogen and oxygen atoms in total. The Morgan fingerprint density at radius 1 is 0.133 bits per heavy atom. The lowest BCUT2D eigenvalue weighted by atomic mass is 10.1. The molecule has 60 heavy (non-hydrogen) atoms. The van der Waals surface area contributed by atoms with E-state index in [1.54, 1.807) is 0 Å². The molecule has 0 unspecified atom stereocenters. The van der Waals surface area contributed by atoms with Gasteiger partial charge in [0, 0.05) is 43.1 Å². The van der Waals surface area contributed by atoms with Crippen LogP contribution >= 0.6 is 45.3 Å². The van der Waals surface area contributed by atoms with E-state index in [4.69, 9.17) is 0 Å². The second kappa shape index (κ2) is 13.1. The van der Waals surface area contributed by atoms with Crippen molar-refractivity contribution in [3.8, 4) is 0 Å². The molecule has 10 rings (SSSR count). The molecule has 0 aliphatic carbocycles. The Morgan fingerprint density at radius 2 is 0.250 bits per heavy atom. The van der Waals surface area contributed by atoms with E-state index in [2.05, 4.69) is 0 Å². The zero-order valence-corrected chi connectivity index (χ0v) is 30.5. The topological polar surface area (TPSA) is 0 Å². The first-order chi connectivity index (χ1) is 28.1. The summed E-state index contributed by atoms with van der Waals surface area (Å²) in [6.07, 6.45) is 0. The summed E-state index contributed by atoms with van der Waals surface area (Å²) in [7, 11) is 0. The van der Waals surface area contributed by atoms with Crippen LogP contribution in [0, 0.1) is 116 Å². The largest absolute Gasteiger partial charge is 0.205 e. The van der Waals surface area contributed by atoms with Crippen LogP contribution in [0.25, 0.3) is 80.7 Å². The fourth-order valence-electron chi connectivity index (χ4n) is 6.70. The summed E-state index contributed by atoms with van der Waals surface area (Å²) >= 11 is -0.0230. The van der Waals surface area contributed by atoms with Crippen molar-refractivity contribution < 1.29 is 87.8 Å². The van der Waals surface area contributed by atoms with Gasteiger partial charge in [-0.05, 0) is 0 Å². The van der Waals surface area contributed by atoms with Gasteiger partial charge in [-0.3, -0.25) is 0 Å². The second-order valence-corrected chi connectivity index (χ2v) is 16.4. The smallest absolute Gasteiger partial charge is 0.198 e. The first-order valence-corrected chi connectivity index (χ1v) is 18.7. The third-order valence-corrected chi connectivity index (χ3v) is 14.0. The molecule has 10 aromatic rings. The molecule has 0 spiro atoms. The second-order valence-electron chi connectivity index (χ2n) is 12.3. The van der Waals surface area contributed by atoms with Crippen molar-refractivity contribution in [2.75, 3.05) is 0 Å². The number of hydrogen-bond acceptors (Lipinski definition) is 4. The molecular formula is C36F20S4. The standard InChI is InChI=1S/2C18F10S2/c2*19-5-1-3-7(21)16-4(2-6(20)10(24)12(26)14(28)18(2)30-16)8(22)15(3)29-17(1)13(27)11(25)9(5)23. The van der Waals surface area contributed by atoms with E-state index in [0.29, 0.717) is 0 Å². The molecule has 0 atom stereocenters. The molecule has 4 heterocycles. The maximum absolute atomic E-state index is 15.2. The maximum atomic E-state index is 15.2. The number of fused-ring (bicyclic) bond motifs is 12. The fourth-order valence-corrected chi connectivity index (χ4v) is 11.3. The van der Waals surface area contributed by atoms with E-state index in [1.807, 2.05) is 0 Å². The van der Waals surface area contributed by atoms with Gasteiger partial charge in [-0.25, -0.2) is 87.8 Å². The molecule has 308 valence electrons. The van der Waals surface area contributed by atoms with Crippen LogP contribution < -0.4 is 0 Å². The van der Waals surface area contributed by atoms with E-state index in [9.17, 15) is 70.2 Å². The van der Waals surface area contributed by atoms with Gasteiger partial charge in [0.25, 0.3) is 0 Å². The minimum atomic E-state index is -2.27. The SMILES string of the molecule is Fc1c(F)c(F)c2c(sc3c(F)c4c(sc5c(F)c(F)c(F)c(F)c54)c(F)c32)c1F.Fc1c(F)c(F)c2c(sc3c(F)c4c(sc5c(F)c(F)c(F)c(F)c54)c(F)c32)c1F. The van der Waals surface area contributed by atoms with Crippen LogP contribution in [0.5, 0.6) is 0 Å². The molecule has 0 fully saturated rings. The van der Waals surface area contributed by atoms with Crippen molar-refractivity contribution in [3.05, 3.63) is 116 Å². The molecule has 0 aliphatic heterocycles. The lowest BCUT2D eigenvalue weighted by Crippen LogP contribution is -1.97. The minimum Gasteiger partial charge on any atom is -0.205 e. The number of hydrogen-bond donors (Lipinski definition) is 0. The Balaban J connectivity index is 0.000000154. The molecule has 0 bridgehead atoms. The van der Waals surface area contributed by atoms with E-state index in [1.165, 1.54) is 0 Å². The molecular weight excluding hydrogens is 941 g/mol. The van der Waals surface area contributed by atoms with E-state index >= 15 is 17.6 Å². The summed E-state index contributed by atoms with van der Waals surface area (Å²) in [6, 6.07) is 0. The van der Waals surface area contributed by atoms with Crippen LogP contribution in [0.15, 0.2) is 0 Å². The summed E-state index contributed by atoms with van der Waals surface area (Å²) in [5.41, 5.74) is 0. The third-order valence-electron chi connectivity index (χ3n) is 9.30. The van der Waals surface area contributed by atoms with Crippen molar-refractivity contribution in [2.45, 2.75) is 0 Å². The van der Waals surface area contributed by atoms with Gasteiger partial charge in [0.2, 0.25) is 0 Å². The van der Waals surface area contributed by atoms with Crippen molar-refractivity contribution >= 4 is 126 Å². The maximum Gasteiger partial charge on any atom is 0.198 e. The van der Waals surface area contributed by atoms with E-state index < -0.39 is 197 Å². The van der Waals surface area contributed by atoms with Gasteiger partial charge >= 0.3 is 0 Å². The highest BCUT2D eigenvalue weighted by atomic mass is 32.1. The van der Waals surface area contributed by atoms with Crippen molar-refractivity contribution in [3.63, 3.8) is 0 Å². The van der Waals surface area contributed by atoms with Gasteiger partial charge in [0.05, 0.1) is 37.6 Å². The lowest BCUT2D eigenvalue weighted by molar-refractivity contribution is 0.419. The highest BCUT2D eigenvalue weighted by Gasteiger charge is 2.34. The molecule has 6 aromatic carbocycles. The molecule has 0 aliphatic rings. The van der Waals surface area contributed by atoms with Gasteiger partial charge in [-0.1, -0.05) is 0 Å². The number of rotatable bonds is 0. The Hall–Kier alpha value is -5.20. The van der Waals surface area contributed by atoms with E-state index in [0.717, 1.165) is 0 Å². The van der Waals surface area contributed by atoms with Crippen molar-refractivity contribution in [1.29, 1.82) is 0 Å². The highest BCUT2D eigenvalue weighted by molar-refractivity contribution is 7.28. The van der Waals surface area contributed by atoms with Gasteiger partial charge in [0.15, 0.2) is 116 Å². The molecule has 24 heteroatoms. The first-order valence-electron chi connectivity index (χ1n) is 15.4. The average Bonchev–Trinajstić information content (AvgIpc) is 4.03. The predicted octanol–water partition coefficient (Wildman–Crippen LogP) is 15.6. The summed E-state index contributed by atoms with van der Waals surface area (Å²) < 4.78 is 275. The zero-order chi connectivity index (χ0) is 43.6. The zero-order valence-electron chi connectivity index (χ0n) is 27.2. The van der Waals surface area contributed by atoms with Crippen LogP contribution in [0.2, 0.25) is 0 Å². The minimum absolute atomic E-state index is 0.00575. The Bertz CT molecular complexity index is 3190. The summed E-state index contributed by atoms with van der Waals surface area (Å²) in [5.74, 6) is -39.6. The first kappa shape index (κ1) is 40.2. The van der Waals surface area contributed by atoms with Crippen molar-refractivity contribution in [1.82, 2.24) is 0 Å². The normalized spacial score (nSPS) is 12.3. The molecule has 0 radical (unpaired) electrons. The molecule has 0 N–H and O–H groups in total. The predicted molar refractivity (Wildman–Crippen MR) is 184 cm³/mol. The van der Waals surface area contributed by atoms with Crippen LogP contribution in [0.1, 0.15) is 0 Å². The summed E-state index contributed by atoms with van der Waals surface area (Å²) in [4.78, 5) is 0. The number of halogens is 20. The molecule has 0 amide bonds. The van der Waals surface area contributed by atoms with Gasteiger partial charge in [0.1, 0.15) is 0 Å².